The smallest absolute Gasteiger partial charge is 0.143 e. The van der Waals surface area contributed by atoms with Gasteiger partial charge in [-0.25, -0.2) is 4.98 Å². The molecule has 0 saturated heterocycles. The lowest BCUT2D eigenvalue weighted by atomic mass is 10.1. The van der Waals surface area contributed by atoms with Gasteiger partial charge in [-0.3, -0.25) is 4.98 Å². The molecule has 0 fully saturated rings. The second-order valence-corrected chi connectivity index (χ2v) is 5.64. The second-order valence-electron chi connectivity index (χ2n) is 4.80. The topological polar surface area (TPSA) is 56.7 Å². The Balaban J connectivity index is 2.32. The average Bonchev–Trinajstić information content (AvgIpc) is 2.82. The third-order valence-corrected chi connectivity index (χ3v) is 3.86. The van der Waals surface area contributed by atoms with Gasteiger partial charge in [0.05, 0.1) is 22.4 Å². The fourth-order valence-electron chi connectivity index (χ4n) is 2.41. The normalized spacial score (nSPS) is 11.2. The highest BCUT2D eigenvalue weighted by Gasteiger charge is 2.16. The van der Waals surface area contributed by atoms with Crippen molar-refractivity contribution in [2.45, 2.75) is 19.9 Å². The van der Waals surface area contributed by atoms with Crippen molar-refractivity contribution in [3.63, 3.8) is 0 Å². The summed E-state index contributed by atoms with van der Waals surface area (Å²) in [5, 5.41) is 0.975. The molecule has 0 saturated carbocycles. The third-order valence-electron chi connectivity index (χ3n) is 3.33. The summed E-state index contributed by atoms with van der Waals surface area (Å²) in [5.74, 6) is 0.766. The number of rotatable bonds is 3. The molecule has 2 heterocycles. The quantitative estimate of drug-likeness (QED) is 0.728. The highest BCUT2D eigenvalue weighted by molar-refractivity contribution is 6.37. The molecule has 0 amide bonds. The summed E-state index contributed by atoms with van der Waals surface area (Å²) in [6, 6.07) is 5.38. The van der Waals surface area contributed by atoms with Crippen LogP contribution in [0.4, 0.5) is 5.69 Å². The number of imidazole rings is 1. The molecule has 108 valence electrons. The van der Waals surface area contributed by atoms with Crippen molar-refractivity contribution in [1.29, 1.82) is 0 Å². The van der Waals surface area contributed by atoms with Crippen LogP contribution in [0.3, 0.4) is 0 Å². The zero-order valence-corrected chi connectivity index (χ0v) is 13.0. The van der Waals surface area contributed by atoms with E-state index in [2.05, 4.69) is 21.5 Å². The summed E-state index contributed by atoms with van der Waals surface area (Å²) in [4.78, 5) is 8.77. The zero-order valence-electron chi connectivity index (χ0n) is 11.5. The van der Waals surface area contributed by atoms with E-state index < -0.39 is 0 Å². The maximum absolute atomic E-state index is 6.14. The van der Waals surface area contributed by atoms with E-state index in [1.165, 1.54) is 0 Å². The molecular formula is C15H14Cl2N4. The summed E-state index contributed by atoms with van der Waals surface area (Å²) in [6.45, 7) is 2.95. The van der Waals surface area contributed by atoms with Gasteiger partial charge in [-0.05, 0) is 24.6 Å². The Kier molecular flexibility index (Phi) is 3.74. The van der Waals surface area contributed by atoms with E-state index in [1.54, 1.807) is 24.5 Å². The Labute approximate surface area is 132 Å². The first-order chi connectivity index (χ1) is 10.1. The average molecular weight is 321 g/mol. The molecule has 3 aromatic rings. The van der Waals surface area contributed by atoms with Gasteiger partial charge in [0.2, 0.25) is 0 Å². The molecule has 0 radical (unpaired) electrons. The van der Waals surface area contributed by atoms with Gasteiger partial charge in [-0.15, -0.1) is 0 Å². The minimum Gasteiger partial charge on any atom is -0.397 e. The first-order valence-electron chi connectivity index (χ1n) is 6.67. The molecule has 3 rings (SSSR count). The van der Waals surface area contributed by atoms with Crippen LogP contribution in [0.5, 0.6) is 0 Å². The molecule has 0 aliphatic rings. The van der Waals surface area contributed by atoms with Crippen LogP contribution in [0.1, 0.15) is 13.3 Å². The van der Waals surface area contributed by atoms with E-state index in [1.807, 2.05) is 6.07 Å². The number of halogens is 2. The number of aryl methyl sites for hydroxylation is 1. The number of aromatic nitrogens is 3. The first-order valence-corrected chi connectivity index (χ1v) is 7.42. The van der Waals surface area contributed by atoms with Gasteiger partial charge in [-0.2, -0.15) is 0 Å². The molecule has 0 aliphatic heterocycles. The summed E-state index contributed by atoms with van der Waals surface area (Å²) < 4.78 is 2.12. The predicted octanol–water partition coefficient (Wildman–Crippen LogP) is 4.40. The largest absolute Gasteiger partial charge is 0.397 e. The fraction of sp³-hybridized carbons (Fsp3) is 0.200. The number of pyridine rings is 1. The van der Waals surface area contributed by atoms with Gasteiger partial charge in [0.1, 0.15) is 11.3 Å². The molecule has 1 aromatic carbocycles. The highest BCUT2D eigenvalue weighted by atomic mass is 35.5. The van der Waals surface area contributed by atoms with Crippen molar-refractivity contribution in [2.24, 2.45) is 0 Å². The lowest BCUT2D eigenvalue weighted by molar-refractivity contribution is 0.704. The lowest BCUT2D eigenvalue weighted by Gasteiger charge is -2.11. The van der Waals surface area contributed by atoms with Gasteiger partial charge in [0.15, 0.2) is 0 Å². The molecule has 4 nitrogen and oxygen atoms in total. The van der Waals surface area contributed by atoms with Crippen LogP contribution in [0.2, 0.25) is 10.0 Å². The second kappa shape index (κ2) is 5.54. The monoisotopic (exact) mass is 320 g/mol. The Bertz CT molecular complexity index is 811. The molecule has 2 aromatic heterocycles. The van der Waals surface area contributed by atoms with Crippen LogP contribution in [0.25, 0.3) is 22.4 Å². The van der Waals surface area contributed by atoms with Gasteiger partial charge < -0.3 is 10.3 Å². The van der Waals surface area contributed by atoms with E-state index in [9.17, 15) is 0 Å². The van der Waals surface area contributed by atoms with Gasteiger partial charge in [0, 0.05) is 23.3 Å². The van der Waals surface area contributed by atoms with Crippen LogP contribution in [0.15, 0.2) is 30.6 Å². The van der Waals surface area contributed by atoms with E-state index in [0.29, 0.717) is 15.7 Å². The van der Waals surface area contributed by atoms with Crippen molar-refractivity contribution in [3.05, 3.63) is 40.6 Å². The Morgan fingerprint density at radius 3 is 2.86 bits per heavy atom. The standard InChI is InChI=1S/C15H14Cl2N4/c1-2-5-21-13-3-4-19-8-12(13)20-15(21)10-6-9(16)7-11(17)14(10)18/h3-4,6-8H,2,5,18H2,1H3. The van der Waals surface area contributed by atoms with Crippen molar-refractivity contribution in [3.8, 4) is 11.4 Å². The molecule has 0 atom stereocenters. The minimum atomic E-state index is 0.436. The van der Waals surface area contributed by atoms with Gasteiger partial charge in [-0.1, -0.05) is 30.1 Å². The number of nitrogens with two attached hydrogens (primary N) is 1. The number of benzene rings is 1. The Morgan fingerprint density at radius 2 is 2.10 bits per heavy atom. The van der Waals surface area contributed by atoms with Crippen molar-refractivity contribution in [2.75, 3.05) is 5.73 Å². The van der Waals surface area contributed by atoms with Gasteiger partial charge >= 0.3 is 0 Å². The third kappa shape index (κ3) is 2.45. The van der Waals surface area contributed by atoms with Crippen molar-refractivity contribution in [1.82, 2.24) is 14.5 Å². The summed E-state index contributed by atoms with van der Waals surface area (Å²) in [5.41, 5.74) is 9.20. The first kappa shape index (κ1) is 14.2. The molecule has 6 heteroatoms. The summed E-state index contributed by atoms with van der Waals surface area (Å²) in [7, 11) is 0. The van der Waals surface area contributed by atoms with Crippen LogP contribution >= 0.6 is 23.2 Å². The summed E-state index contributed by atoms with van der Waals surface area (Å²) in [6.07, 6.45) is 4.48. The summed E-state index contributed by atoms with van der Waals surface area (Å²) >= 11 is 12.2. The number of hydrogen-bond donors (Lipinski definition) is 1. The molecule has 0 bridgehead atoms. The van der Waals surface area contributed by atoms with E-state index in [4.69, 9.17) is 28.9 Å². The van der Waals surface area contributed by atoms with Crippen LogP contribution in [-0.4, -0.2) is 14.5 Å². The number of nitrogens with zero attached hydrogens (tertiary/aromatic N) is 3. The maximum Gasteiger partial charge on any atom is 0.143 e. The predicted molar refractivity (Wildman–Crippen MR) is 87.7 cm³/mol. The van der Waals surface area contributed by atoms with Gasteiger partial charge in [0.25, 0.3) is 0 Å². The molecular weight excluding hydrogens is 307 g/mol. The Hall–Kier alpha value is -1.78. The van der Waals surface area contributed by atoms with Crippen LogP contribution in [0, 0.1) is 0 Å². The molecule has 0 aliphatic carbocycles. The molecule has 0 spiro atoms. The zero-order chi connectivity index (χ0) is 15.0. The maximum atomic E-state index is 6.14. The molecule has 0 unspecified atom stereocenters. The number of fused-ring (bicyclic) bond motifs is 1. The van der Waals surface area contributed by atoms with Crippen LogP contribution in [-0.2, 0) is 6.54 Å². The number of anilines is 1. The SMILES string of the molecule is CCCn1c(-c2cc(Cl)cc(Cl)c2N)nc2cnccc21. The van der Waals surface area contributed by atoms with E-state index >= 15 is 0 Å². The van der Waals surface area contributed by atoms with Crippen molar-refractivity contribution < 1.29 is 0 Å². The lowest BCUT2D eigenvalue weighted by Crippen LogP contribution is -2.02. The molecule has 2 N–H and O–H groups in total. The van der Waals surface area contributed by atoms with E-state index in [0.717, 1.165) is 35.4 Å². The number of hydrogen-bond acceptors (Lipinski definition) is 3. The molecule has 21 heavy (non-hydrogen) atoms. The Morgan fingerprint density at radius 1 is 1.29 bits per heavy atom. The number of nitrogen functional groups attached to an aromatic ring is 1. The van der Waals surface area contributed by atoms with Crippen molar-refractivity contribution >= 4 is 39.9 Å². The van der Waals surface area contributed by atoms with E-state index in [-0.39, 0.29) is 0 Å². The highest BCUT2D eigenvalue weighted by Crippen LogP contribution is 2.35. The van der Waals surface area contributed by atoms with Crippen LogP contribution < -0.4 is 5.73 Å². The minimum absolute atomic E-state index is 0.436. The fourth-order valence-corrected chi connectivity index (χ4v) is 2.90.